The second-order valence-electron chi connectivity index (χ2n) is 5.50. The van der Waals surface area contributed by atoms with Crippen molar-refractivity contribution in [3.8, 4) is 5.75 Å². The van der Waals surface area contributed by atoms with E-state index in [1.807, 2.05) is 25.1 Å². The monoisotopic (exact) mass is 292 g/mol. The first-order valence-electron chi connectivity index (χ1n) is 7.36. The first-order chi connectivity index (χ1) is 10.1. The molecule has 0 aliphatic carbocycles. The lowest BCUT2D eigenvalue weighted by Crippen LogP contribution is -2.46. The van der Waals surface area contributed by atoms with E-state index in [4.69, 9.17) is 15.2 Å². The van der Waals surface area contributed by atoms with Crippen molar-refractivity contribution in [1.82, 2.24) is 5.32 Å². The molecule has 0 spiro atoms. The lowest BCUT2D eigenvalue weighted by molar-refractivity contribution is -0.124. The predicted molar refractivity (Wildman–Crippen MR) is 81.1 cm³/mol. The molecule has 0 bridgehead atoms. The molecule has 5 heteroatoms. The van der Waals surface area contributed by atoms with Crippen molar-refractivity contribution in [2.24, 2.45) is 11.7 Å². The summed E-state index contributed by atoms with van der Waals surface area (Å²) in [6.45, 7) is 3.84. The Morgan fingerprint density at radius 2 is 2.19 bits per heavy atom. The summed E-state index contributed by atoms with van der Waals surface area (Å²) < 4.78 is 10.6. The maximum Gasteiger partial charge on any atom is 0.237 e. The quantitative estimate of drug-likeness (QED) is 0.860. The van der Waals surface area contributed by atoms with Gasteiger partial charge in [-0.25, -0.2) is 0 Å². The third kappa shape index (κ3) is 4.19. The number of rotatable bonds is 5. The second-order valence-corrected chi connectivity index (χ2v) is 5.50. The Hall–Kier alpha value is -1.59. The Morgan fingerprint density at radius 3 is 2.86 bits per heavy atom. The van der Waals surface area contributed by atoms with E-state index < -0.39 is 6.04 Å². The van der Waals surface area contributed by atoms with Gasteiger partial charge in [-0.05, 0) is 42.9 Å². The zero-order chi connectivity index (χ0) is 15.2. The number of ether oxygens (including phenoxy) is 2. The average Bonchev–Trinajstić information content (AvgIpc) is 2.53. The van der Waals surface area contributed by atoms with Crippen LogP contribution in [-0.4, -0.2) is 32.3 Å². The van der Waals surface area contributed by atoms with Gasteiger partial charge >= 0.3 is 0 Å². The van der Waals surface area contributed by atoms with E-state index in [1.54, 1.807) is 7.11 Å². The SMILES string of the molecule is COc1cc(CNC(=O)C(N)C2CCOCC2)ccc1C. The summed E-state index contributed by atoms with van der Waals surface area (Å²) in [7, 11) is 1.64. The van der Waals surface area contributed by atoms with Crippen molar-refractivity contribution >= 4 is 5.91 Å². The number of amides is 1. The Kier molecular flexibility index (Phi) is 5.59. The normalized spacial score (nSPS) is 17.3. The Balaban J connectivity index is 1.88. The maximum atomic E-state index is 12.1. The Labute approximate surface area is 125 Å². The first-order valence-corrected chi connectivity index (χ1v) is 7.36. The van der Waals surface area contributed by atoms with E-state index in [0.717, 1.165) is 29.7 Å². The van der Waals surface area contributed by atoms with Gasteiger partial charge < -0.3 is 20.5 Å². The second kappa shape index (κ2) is 7.43. The van der Waals surface area contributed by atoms with E-state index >= 15 is 0 Å². The van der Waals surface area contributed by atoms with Gasteiger partial charge in [0.25, 0.3) is 0 Å². The molecule has 0 saturated carbocycles. The van der Waals surface area contributed by atoms with Crippen molar-refractivity contribution in [2.75, 3.05) is 20.3 Å². The van der Waals surface area contributed by atoms with Crippen LogP contribution in [0.1, 0.15) is 24.0 Å². The van der Waals surface area contributed by atoms with Gasteiger partial charge in [-0.2, -0.15) is 0 Å². The summed E-state index contributed by atoms with van der Waals surface area (Å²) in [5.41, 5.74) is 8.12. The molecule has 116 valence electrons. The molecule has 0 radical (unpaired) electrons. The number of methoxy groups -OCH3 is 1. The number of hydrogen-bond acceptors (Lipinski definition) is 4. The molecule has 1 aliphatic heterocycles. The van der Waals surface area contributed by atoms with Crippen LogP contribution in [0.5, 0.6) is 5.75 Å². The smallest absolute Gasteiger partial charge is 0.237 e. The lowest BCUT2D eigenvalue weighted by atomic mass is 9.92. The molecule has 1 unspecified atom stereocenters. The van der Waals surface area contributed by atoms with Crippen molar-refractivity contribution < 1.29 is 14.3 Å². The lowest BCUT2D eigenvalue weighted by Gasteiger charge is -2.26. The van der Waals surface area contributed by atoms with Crippen LogP contribution in [-0.2, 0) is 16.1 Å². The molecule has 1 aromatic carbocycles. The zero-order valence-electron chi connectivity index (χ0n) is 12.7. The third-order valence-corrected chi connectivity index (χ3v) is 4.02. The van der Waals surface area contributed by atoms with Crippen LogP contribution < -0.4 is 15.8 Å². The van der Waals surface area contributed by atoms with Crippen LogP contribution in [0.15, 0.2) is 18.2 Å². The van der Waals surface area contributed by atoms with Gasteiger partial charge in [0.05, 0.1) is 13.2 Å². The molecule has 5 nitrogen and oxygen atoms in total. The fourth-order valence-electron chi connectivity index (χ4n) is 2.57. The molecule has 0 aromatic heterocycles. The van der Waals surface area contributed by atoms with Gasteiger partial charge in [0, 0.05) is 19.8 Å². The summed E-state index contributed by atoms with van der Waals surface area (Å²) in [5, 5.41) is 2.91. The summed E-state index contributed by atoms with van der Waals surface area (Å²) in [5.74, 6) is 0.947. The highest BCUT2D eigenvalue weighted by molar-refractivity contribution is 5.81. The van der Waals surface area contributed by atoms with Crippen LogP contribution >= 0.6 is 0 Å². The maximum absolute atomic E-state index is 12.1. The van der Waals surface area contributed by atoms with Crippen molar-refractivity contribution in [2.45, 2.75) is 32.4 Å². The number of nitrogens with one attached hydrogen (secondary N) is 1. The number of benzene rings is 1. The zero-order valence-corrected chi connectivity index (χ0v) is 12.7. The molecule has 1 amide bonds. The van der Waals surface area contributed by atoms with Crippen LogP contribution in [0.4, 0.5) is 0 Å². The van der Waals surface area contributed by atoms with Gasteiger partial charge in [-0.3, -0.25) is 4.79 Å². The standard InChI is InChI=1S/C16H24N2O3/c1-11-3-4-12(9-14(11)20-2)10-18-16(19)15(17)13-5-7-21-8-6-13/h3-4,9,13,15H,5-8,10,17H2,1-2H3,(H,18,19). The van der Waals surface area contributed by atoms with E-state index in [-0.39, 0.29) is 11.8 Å². The molecular weight excluding hydrogens is 268 g/mol. The molecular formula is C16H24N2O3. The van der Waals surface area contributed by atoms with Gasteiger partial charge in [0.1, 0.15) is 5.75 Å². The molecule has 1 fully saturated rings. The van der Waals surface area contributed by atoms with Crippen LogP contribution in [0.3, 0.4) is 0 Å². The fraction of sp³-hybridized carbons (Fsp3) is 0.562. The largest absolute Gasteiger partial charge is 0.496 e. The van der Waals surface area contributed by atoms with Crippen LogP contribution in [0.2, 0.25) is 0 Å². The topological polar surface area (TPSA) is 73.6 Å². The minimum atomic E-state index is -0.457. The molecule has 1 heterocycles. The minimum Gasteiger partial charge on any atom is -0.496 e. The highest BCUT2D eigenvalue weighted by Crippen LogP contribution is 2.20. The third-order valence-electron chi connectivity index (χ3n) is 4.02. The Morgan fingerprint density at radius 1 is 1.48 bits per heavy atom. The highest BCUT2D eigenvalue weighted by atomic mass is 16.5. The minimum absolute atomic E-state index is 0.0959. The fourth-order valence-corrected chi connectivity index (χ4v) is 2.57. The number of nitrogens with two attached hydrogens (primary N) is 1. The van der Waals surface area contributed by atoms with Gasteiger partial charge in [-0.15, -0.1) is 0 Å². The first kappa shape index (κ1) is 15.8. The molecule has 21 heavy (non-hydrogen) atoms. The highest BCUT2D eigenvalue weighted by Gasteiger charge is 2.26. The van der Waals surface area contributed by atoms with Gasteiger partial charge in [0.2, 0.25) is 5.91 Å². The van der Waals surface area contributed by atoms with Gasteiger partial charge in [0.15, 0.2) is 0 Å². The van der Waals surface area contributed by atoms with E-state index in [0.29, 0.717) is 19.8 Å². The molecule has 3 N–H and O–H groups in total. The Bertz CT molecular complexity index is 484. The number of carbonyl (C=O) groups is 1. The van der Waals surface area contributed by atoms with Crippen molar-refractivity contribution in [1.29, 1.82) is 0 Å². The number of carbonyl (C=O) groups excluding carboxylic acids is 1. The molecule has 2 rings (SSSR count). The molecule has 1 atom stereocenters. The molecule has 1 saturated heterocycles. The van der Waals surface area contributed by atoms with Crippen molar-refractivity contribution in [3.63, 3.8) is 0 Å². The summed E-state index contributed by atoms with van der Waals surface area (Å²) in [4.78, 5) is 12.1. The van der Waals surface area contributed by atoms with E-state index in [2.05, 4.69) is 5.32 Å². The van der Waals surface area contributed by atoms with Crippen molar-refractivity contribution in [3.05, 3.63) is 29.3 Å². The molecule has 1 aliphatic rings. The average molecular weight is 292 g/mol. The summed E-state index contributed by atoms with van der Waals surface area (Å²) in [6.07, 6.45) is 1.71. The van der Waals surface area contributed by atoms with Crippen LogP contribution in [0, 0.1) is 12.8 Å². The van der Waals surface area contributed by atoms with Crippen LogP contribution in [0.25, 0.3) is 0 Å². The molecule has 1 aromatic rings. The summed E-state index contributed by atoms with van der Waals surface area (Å²) in [6, 6.07) is 5.45. The predicted octanol–water partition coefficient (Wildman–Crippen LogP) is 1.37. The number of hydrogen-bond donors (Lipinski definition) is 2. The van der Waals surface area contributed by atoms with Gasteiger partial charge in [-0.1, -0.05) is 12.1 Å². The van der Waals surface area contributed by atoms with E-state index in [9.17, 15) is 4.79 Å². The number of aryl methyl sites for hydroxylation is 1. The van der Waals surface area contributed by atoms with E-state index in [1.165, 1.54) is 0 Å². The summed E-state index contributed by atoms with van der Waals surface area (Å²) >= 11 is 0.